The molecule has 1 aromatic heterocycles. The predicted octanol–water partition coefficient (Wildman–Crippen LogP) is 1.66. The second kappa shape index (κ2) is 7.97. The number of nitrogens with one attached hydrogen (secondary N) is 2. The van der Waals surface area contributed by atoms with Crippen molar-refractivity contribution in [2.24, 2.45) is 4.99 Å². The third-order valence-corrected chi connectivity index (χ3v) is 3.11. The van der Waals surface area contributed by atoms with Gasteiger partial charge in [0.1, 0.15) is 11.6 Å². The zero-order chi connectivity index (χ0) is 15.8. The van der Waals surface area contributed by atoms with Crippen molar-refractivity contribution in [3.05, 3.63) is 53.6 Å². The molecule has 2 N–H and O–H groups in total. The number of benzene rings is 1. The monoisotopic (exact) mass is 299 g/mol. The number of hydrogen-bond acceptors (Lipinski definition) is 4. The van der Waals surface area contributed by atoms with Crippen LogP contribution in [-0.2, 0) is 13.1 Å². The summed E-state index contributed by atoms with van der Waals surface area (Å²) < 4.78 is 5.14. The van der Waals surface area contributed by atoms with Gasteiger partial charge in [0.25, 0.3) is 0 Å². The predicted molar refractivity (Wildman–Crippen MR) is 86.8 cm³/mol. The van der Waals surface area contributed by atoms with E-state index in [0.29, 0.717) is 13.1 Å². The lowest BCUT2D eigenvalue weighted by molar-refractivity contribution is 0.414. The van der Waals surface area contributed by atoms with Gasteiger partial charge in [-0.3, -0.25) is 4.99 Å². The highest BCUT2D eigenvalue weighted by Gasteiger charge is 2.01. The molecule has 0 saturated heterocycles. The SMILES string of the molecule is CN=C(NCc1ccc(OC)cc1)NCc1ccnc(C)n1. The van der Waals surface area contributed by atoms with E-state index in [4.69, 9.17) is 4.74 Å². The lowest BCUT2D eigenvalue weighted by Crippen LogP contribution is -2.36. The first-order chi connectivity index (χ1) is 10.7. The Morgan fingerprint density at radius 2 is 1.86 bits per heavy atom. The molecule has 0 bridgehead atoms. The Morgan fingerprint density at radius 1 is 1.14 bits per heavy atom. The standard InChI is InChI=1S/C16H21N5O/c1-12-18-9-8-14(21-12)11-20-16(17-2)19-10-13-4-6-15(22-3)7-5-13/h4-9H,10-11H2,1-3H3,(H2,17,19,20). The molecule has 0 aliphatic carbocycles. The molecule has 2 aromatic rings. The maximum absolute atomic E-state index is 5.14. The Labute approximate surface area is 130 Å². The van der Waals surface area contributed by atoms with E-state index in [1.807, 2.05) is 37.3 Å². The topological polar surface area (TPSA) is 71.4 Å². The molecule has 0 fully saturated rings. The van der Waals surface area contributed by atoms with Gasteiger partial charge < -0.3 is 15.4 Å². The molecular formula is C16H21N5O. The summed E-state index contributed by atoms with van der Waals surface area (Å²) in [5, 5.41) is 6.49. The smallest absolute Gasteiger partial charge is 0.191 e. The van der Waals surface area contributed by atoms with Crippen LogP contribution in [-0.4, -0.2) is 30.1 Å². The highest BCUT2D eigenvalue weighted by Crippen LogP contribution is 2.10. The minimum atomic E-state index is 0.603. The fourth-order valence-corrected chi connectivity index (χ4v) is 1.93. The van der Waals surface area contributed by atoms with Gasteiger partial charge in [-0.1, -0.05) is 12.1 Å². The molecule has 0 saturated carbocycles. The zero-order valence-electron chi connectivity index (χ0n) is 13.1. The van der Waals surface area contributed by atoms with E-state index in [9.17, 15) is 0 Å². The van der Waals surface area contributed by atoms with Crippen LogP contribution in [0.1, 0.15) is 17.1 Å². The molecule has 0 radical (unpaired) electrons. The third kappa shape index (κ3) is 4.73. The van der Waals surface area contributed by atoms with Crippen molar-refractivity contribution in [3.63, 3.8) is 0 Å². The molecule has 6 nitrogen and oxygen atoms in total. The van der Waals surface area contributed by atoms with Crippen molar-refractivity contribution in [1.29, 1.82) is 0 Å². The number of hydrogen-bond donors (Lipinski definition) is 2. The van der Waals surface area contributed by atoms with Crippen LogP contribution < -0.4 is 15.4 Å². The number of aliphatic imine (C=N–C) groups is 1. The first-order valence-corrected chi connectivity index (χ1v) is 7.07. The Bertz CT molecular complexity index is 625. The Morgan fingerprint density at radius 3 is 2.50 bits per heavy atom. The van der Waals surface area contributed by atoms with Crippen LogP contribution in [0.5, 0.6) is 5.75 Å². The van der Waals surface area contributed by atoms with E-state index < -0.39 is 0 Å². The zero-order valence-corrected chi connectivity index (χ0v) is 13.1. The summed E-state index contributed by atoms with van der Waals surface area (Å²) in [6, 6.07) is 9.81. The molecule has 0 amide bonds. The number of nitrogens with zero attached hydrogens (tertiary/aromatic N) is 3. The molecule has 6 heteroatoms. The molecule has 22 heavy (non-hydrogen) atoms. The average molecular weight is 299 g/mol. The van der Waals surface area contributed by atoms with Gasteiger partial charge >= 0.3 is 0 Å². The number of aryl methyl sites for hydroxylation is 1. The molecule has 2 rings (SSSR count). The molecule has 1 heterocycles. The molecule has 0 aliphatic heterocycles. The summed E-state index contributed by atoms with van der Waals surface area (Å²) in [6.07, 6.45) is 1.76. The third-order valence-electron chi connectivity index (χ3n) is 3.11. The van der Waals surface area contributed by atoms with Crippen LogP contribution in [0.15, 0.2) is 41.5 Å². The van der Waals surface area contributed by atoms with Gasteiger partial charge in [-0.2, -0.15) is 0 Å². The molecule has 0 spiro atoms. The van der Waals surface area contributed by atoms with Crippen molar-refractivity contribution in [3.8, 4) is 5.75 Å². The summed E-state index contributed by atoms with van der Waals surface area (Å²) >= 11 is 0. The molecule has 1 aromatic carbocycles. The summed E-state index contributed by atoms with van der Waals surface area (Å²) in [5.74, 6) is 2.35. The lowest BCUT2D eigenvalue weighted by atomic mass is 10.2. The molecule has 116 valence electrons. The number of rotatable bonds is 5. The summed E-state index contributed by atoms with van der Waals surface area (Å²) in [4.78, 5) is 12.6. The normalized spacial score (nSPS) is 11.1. The minimum Gasteiger partial charge on any atom is -0.497 e. The fourth-order valence-electron chi connectivity index (χ4n) is 1.93. The van der Waals surface area contributed by atoms with Gasteiger partial charge in [0.15, 0.2) is 5.96 Å². The van der Waals surface area contributed by atoms with E-state index in [0.717, 1.165) is 28.8 Å². The van der Waals surface area contributed by atoms with Crippen molar-refractivity contribution in [2.45, 2.75) is 20.0 Å². The van der Waals surface area contributed by atoms with Crippen molar-refractivity contribution < 1.29 is 4.74 Å². The second-order valence-corrected chi connectivity index (χ2v) is 4.72. The van der Waals surface area contributed by atoms with Gasteiger partial charge in [-0.05, 0) is 30.7 Å². The maximum atomic E-state index is 5.14. The van der Waals surface area contributed by atoms with Crippen LogP contribution in [0.4, 0.5) is 0 Å². The van der Waals surface area contributed by atoms with Gasteiger partial charge in [-0.25, -0.2) is 9.97 Å². The number of aromatic nitrogens is 2. The molecule has 0 aliphatic rings. The summed E-state index contributed by atoms with van der Waals surface area (Å²) in [7, 11) is 3.41. The largest absolute Gasteiger partial charge is 0.497 e. The summed E-state index contributed by atoms with van der Waals surface area (Å²) in [5.41, 5.74) is 2.08. The van der Waals surface area contributed by atoms with E-state index in [2.05, 4.69) is 25.6 Å². The van der Waals surface area contributed by atoms with E-state index in [1.165, 1.54) is 0 Å². The van der Waals surface area contributed by atoms with E-state index in [-0.39, 0.29) is 0 Å². The van der Waals surface area contributed by atoms with Crippen LogP contribution in [0, 0.1) is 6.92 Å². The first-order valence-electron chi connectivity index (χ1n) is 7.07. The van der Waals surface area contributed by atoms with Crippen LogP contribution in [0.3, 0.4) is 0 Å². The average Bonchev–Trinajstić information content (AvgIpc) is 2.55. The van der Waals surface area contributed by atoms with Crippen molar-refractivity contribution in [2.75, 3.05) is 14.2 Å². The molecular weight excluding hydrogens is 278 g/mol. The van der Waals surface area contributed by atoms with Gasteiger partial charge in [0.2, 0.25) is 0 Å². The van der Waals surface area contributed by atoms with Crippen LogP contribution >= 0.6 is 0 Å². The van der Waals surface area contributed by atoms with Crippen LogP contribution in [0.25, 0.3) is 0 Å². The van der Waals surface area contributed by atoms with Crippen LogP contribution in [0.2, 0.25) is 0 Å². The highest BCUT2D eigenvalue weighted by molar-refractivity contribution is 5.79. The fraction of sp³-hybridized carbons (Fsp3) is 0.312. The van der Waals surface area contributed by atoms with Crippen molar-refractivity contribution >= 4 is 5.96 Å². The lowest BCUT2D eigenvalue weighted by Gasteiger charge is -2.12. The maximum Gasteiger partial charge on any atom is 0.191 e. The molecule has 0 unspecified atom stereocenters. The van der Waals surface area contributed by atoms with Gasteiger partial charge in [0, 0.05) is 19.8 Å². The Balaban J connectivity index is 1.84. The van der Waals surface area contributed by atoms with Gasteiger partial charge in [-0.15, -0.1) is 0 Å². The molecule has 0 atom stereocenters. The van der Waals surface area contributed by atoms with E-state index >= 15 is 0 Å². The number of ether oxygens (including phenoxy) is 1. The van der Waals surface area contributed by atoms with Crippen molar-refractivity contribution in [1.82, 2.24) is 20.6 Å². The van der Waals surface area contributed by atoms with E-state index in [1.54, 1.807) is 20.4 Å². The number of guanidine groups is 1. The number of methoxy groups -OCH3 is 1. The second-order valence-electron chi connectivity index (χ2n) is 4.72. The summed E-state index contributed by atoms with van der Waals surface area (Å²) in [6.45, 7) is 3.17. The Hall–Kier alpha value is -2.63. The quantitative estimate of drug-likeness (QED) is 0.649. The first kappa shape index (κ1) is 15.8. The highest BCUT2D eigenvalue weighted by atomic mass is 16.5. The minimum absolute atomic E-state index is 0.603. The Kier molecular flexibility index (Phi) is 5.71. The van der Waals surface area contributed by atoms with Gasteiger partial charge in [0.05, 0.1) is 19.3 Å².